The molecule has 2 amide bonds. The van der Waals surface area contributed by atoms with Crippen LogP contribution in [0.1, 0.15) is 28.1 Å². The van der Waals surface area contributed by atoms with Crippen LogP contribution in [0, 0.1) is 0 Å². The Balaban J connectivity index is 2.21. The van der Waals surface area contributed by atoms with Gasteiger partial charge in [0.2, 0.25) is 11.8 Å². The molecule has 1 aromatic rings. The molecule has 0 spiro atoms. The minimum Gasteiger partial charge on any atom is -0.465 e. The number of alkyl halides is 1. The molecule has 19 heavy (non-hydrogen) atoms. The van der Waals surface area contributed by atoms with Crippen LogP contribution in [-0.4, -0.2) is 29.8 Å². The standard InChI is InChI=1S/C12H12ClNO4S/c1-18-10(16)9-7(3-5-19-9)6-12(13)4-2-8(15)14-11(12)17/h3,5H,2,4,6H2,1H3,(H,14,15,17). The van der Waals surface area contributed by atoms with E-state index < -0.39 is 16.8 Å². The number of esters is 1. The maximum atomic E-state index is 11.8. The fraction of sp³-hybridized carbons (Fsp3) is 0.417. The Morgan fingerprint density at radius 1 is 1.58 bits per heavy atom. The van der Waals surface area contributed by atoms with E-state index in [0.717, 1.165) is 0 Å². The molecular formula is C12H12ClNO4S. The van der Waals surface area contributed by atoms with Crippen LogP contribution in [0.3, 0.4) is 0 Å². The first-order valence-electron chi connectivity index (χ1n) is 5.64. The predicted octanol–water partition coefficient (Wildman–Crippen LogP) is 1.49. The lowest BCUT2D eigenvalue weighted by Gasteiger charge is -2.29. The number of piperidine rings is 1. The van der Waals surface area contributed by atoms with E-state index in [1.54, 1.807) is 11.4 Å². The lowest BCUT2D eigenvalue weighted by atomic mass is 9.90. The van der Waals surface area contributed by atoms with Gasteiger partial charge in [0.25, 0.3) is 0 Å². The van der Waals surface area contributed by atoms with Crippen molar-refractivity contribution in [3.05, 3.63) is 21.9 Å². The summed E-state index contributed by atoms with van der Waals surface area (Å²) < 4.78 is 4.67. The van der Waals surface area contributed by atoms with Crippen LogP contribution in [0.2, 0.25) is 0 Å². The Morgan fingerprint density at radius 2 is 2.32 bits per heavy atom. The fourth-order valence-corrected chi connectivity index (χ4v) is 3.07. The van der Waals surface area contributed by atoms with Gasteiger partial charge < -0.3 is 4.74 Å². The number of carbonyl (C=O) groups excluding carboxylic acids is 3. The summed E-state index contributed by atoms with van der Waals surface area (Å²) >= 11 is 7.53. The molecule has 1 aliphatic heterocycles. The van der Waals surface area contributed by atoms with Crippen molar-refractivity contribution in [3.8, 4) is 0 Å². The third kappa shape index (κ3) is 2.79. The third-order valence-electron chi connectivity index (χ3n) is 3.00. The van der Waals surface area contributed by atoms with Crippen molar-refractivity contribution in [2.45, 2.75) is 24.1 Å². The number of hydrogen-bond acceptors (Lipinski definition) is 5. The number of ether oxygens (including phenoxy) is 1. The van der Waals surface area contributed by atoms with Gasteiger partial charge in [-0.2, -0.15) is 0 Å². The van der Waals surface area contributed by atoms with Crippen molar-refractivity contribution in [1.29, 1.82) is 0 Å². The summed E-state index contributed by atoms with van der Waals surface area (Å²) in [5, 5.41) is 3.97. The number of methoxy groups -OCH3 is 1. The zero-order valence-corrected chi connectivity index (χ0v) is 11.8. The Bertz CT molecular complexity index is 542. The third-order valence-corrected chi connectivity index (χ3v) is 4.43. The van der Waals surface area contributed by atoms with Crippen molar-refractivity contribution < 1.29 is 19.1 Å². The van der Waals surface area contributed by atoms with Gasteiger partial charge >= 0.3 is 5.97 Å². The first-order chi connectivity index (χ1) is 8.96. The van der Waals surface area contributed by atoms with E-state index in [1.165, 1.54) is 18.4 Å². The van der Waals surface area contributed by atoms with E-state index in [1.807, 2.05) is 0 Å². The fourth-order valence-electron chi connectivity index (χ4n) is 1.94. The molecule has 7 heteroatoms. The highest BCUT2D eigenvalue weighted by Gasteiger charge is 2.41. The molecule has 2 heterocycles. The maximum absolute atomic E-state index is 11.8. The van der Waals surface area contributed by atoms with Gasteiger partial charge in [0, 0.05) is 12.8 Å². The Kier molecular flexibility index (Phi) is 3.91. The highest BCUT2D eigenvalue weighted by Crippen LogP contribution is 2.32. The number of halogens is 1. The monoisotopic (exact) mass is 301 g/mol. The van der Waals surface area contributed by atoms with Gasteiger partial charge in [-0.1, -0.05) is 0 Å². The number of imide groups is 1. The topological polar surface area (TPSA) is 72.5 Å². The summed E-state index contributed by atoms with van der Waals surface area (Å²) in [4.78, 5) is 33.8. The average molecular weight is 302 g/mol. The number of rotatable bonds is 3. The van der Waals surface area contributed by atoms with E-state index in [2.05, 4.69) is 10.1 Å². The number of amides is 2. The van der Waals surface area contributed by atoms with Crippen LogP contribution in [0.5, 0.6) is 0 Å². The molecule has 1 atom stereocenters. The Hall–Kier alpha value is -1.40. The molecule has 0 bridgehead atoms. The van der Waals surface area contributed by atoms with Crippen molar-refractivity contribution in [1.82, 2.24) is 5.32 Å². The van der Waals surface area contributed by atoms with Crippen molar-refractivity contribution >= 4 is 40.7 Å². The molecule has 1 unspecified atom stereocenters. The second-order valence-electron chi connectivity index (χ2n) is 4.29. The highest BCUT2D eigenvalue weighted by molar-refractivity contribution is 7.12. The molecule has 0 aliphatic carbocycles. The van der Waals surface area contributed by atoms with Gasteiger partial charge in [-0.05, 0) is 23.4 Å². The summed E-state index contributed by atoms with van der Waals surface area (Å²) in [6.07, 6.45) is 0.657. The largest absolute Gasteiger partial charge is 0.465 e. The Morgan fingerprint density at radius 3 is 2.95 bits per heavy atom. The van der Waals surface area contributed by atoms with Crippen LogP contribution in [0.4, 0.5) is 0 Å². The van der Waals surface area contributed by atoms with E-state index >= 15 is 0 Å². The first-order valence-corrected chi connectivity index (χ1v) is 6.90. The molecule has 1 aliphatic rings. The van der Waals surface area contributed by atoms with Gasteiger partial charge in [-0.3, -0.25) is 14.9 Å². The molecule has 2 rings (SSSR count). The summed E-state index contributed by atoms with van der Waals surface area (Å²) in [6, 6.07) is 1.74. The number of carbonyl (C=O) groups is 3. The highest BCUT2D eigenvalue weighted by atomic mass is 35.5. The van der Waals surface area contributed by atoms with Crippen molar-refractivity contribution in [2.24, 2.45) is 0 Å². The molecule has 0 saturated carbocycles. The molecule has 0 radical (unpaired) electrons. The van der Waals surface area contributed by atoms with Gasteiger partial charge in [-0.15, -0.1) is 22.9 Å². The van der Waals surface area contributed by atoms with E-state index in [-0.39, 0.29) is 25.2 Å². The number of hydrogen-bond donors (Lipinski definition) is 1. The minimum absolute atomic E-state index is 0.196. The number of thiophene rings is 1. The van der Waals surface area contributed by atoms with Crippen LogP contribution < -0.4 is 5.32 Å². The summed E-state index contributed by atoms with van der Waals surface area (Å²) in [6.45, 7) is 0. The van der Waals surface area contributed by atoms with Crippen LogP contribution >= 0.6 is 22.9 Å². The molecule has 1 aromatic heterocycles. The van der Waals surface area contributed by atoms with Crippen molar-refractivity contribution in [2.75, 3.05) is 7.11 Å². The molecule has 0 aromatic carbocycles. The Labute approximate surface area is 118 Å². The van der Waals surface area contributed by atoms with Gasteiger partial charge in [0.05, 0.1) is 7.11 Å². The van der Waals surface area contributed by atoms with E-state index in [9.17, 15) is 14.4 Å². The summed E-state index contributed by atoms with van der Waals surface area (Å²) in [5.41, 5.74) is 0.663. The zero-order valence-electron chi connectivity index (χ0n) is 10.2. The molecule has 1 N–H and O–H groups in total. The predicted molar refractivity (Wildman–Crippen MR) is 70.3 cm³/mol. The summed E-state index contributed by atoms with van der Waals surface area (Å²) in [5.74, 6) is -1.27. The smallest absolute Gasteiger partial charge is 0.348 e. The molecular weight excluding hydrogens is 290 g/mol. The first kappa shape index (κ1) is 14.0. The van der Waals surface area contributed by atoms with Gasteiger partial charge in [-0.25, -0.2) is 4.79 Å². The lowest BCUT2D eigenvalue weighted by molar-refractivity contribution is -0.135. The maximum Gasteiger partial charge on any atom is 0.348 e. The summed E-state index contributed by atoms with van der Waals surface area (Å²) in [7, 11) is 1.30. The number of nitrogens with one attached hydrogen (secondary N) is 1. The molecule has 5 nitrogen and oxygen atoms in total. The van der Waals surface area contributed by atoms with Crippen LogP contribution in [-0.2, 0) is 20.7 Å². The van der Waals surface area contributed by atoms with Gasteiger partial charge in [0.15, 0.2) is 0 Å². The second kappa shape index (κ2) is 5.30. The normalized spacial score (nSPS) is 23.1. The second-order valence-corrected chi connectivity index (χ2v) is 5.93. The average Bonchev–Trinajstić information content (AvgIpc) is 2.82. The quantitative estimate of drug-likeness (QED) is 0.521. The van der Waals surface area contributed by atoms with Crippen LogP contribution in [0.15, 0.2) is 11.4 Å². The molecule has 1 fully saturated rings. The SMILES string of the molecule is COC(=O)c1sccc1CC1(Cl)CCC(=O)NC1=O. The van der Waals surface area contributed by atoms with E-state index in [0.29, 0.717) is 10.4 Å². The molecule has 1 saturated heterocycles. The zero-order chi connectivity index (χ0) is 14.0. The lowest BCUT2D eigenvalue weighted by Crippen LogP contribution is -2.51. The van der Waals surface area contributed by atoms with Crippen LogP contribution in [0.25, 0.3) is 0 Å². The minimum atomic E-state index is -1.18. The van der Waals surface area contributed by atoms with E-state index in [4.69, 9.17) is 11.6 Å². The van der Waals surface area contributed by atoms with Gasteiger partial charge in [0.1, 0.15) is 9.75 Å². The molecule has 102 valence electrons. The van der Waals surface area contributed by atoms with Crippen molar-refractivity contribution in [3.63, 3.8) is 0 Å².